The van der Waals surface area contributed by atoms with Gasteiger partial charge in [0.05, 0.1) is 50.9 Å². The maximum absolute atomic E-state index is 14.0. The molecule has 1 aliphatic heterocycles. The lowest BCUT2D eigenvalue weighted by molar-refractivity contribution is -0.144. The van der Waals surface area contributed by atoms with Crippen LogP contribution in [0.3, 0.4) is 0 Å². The fourth-order valence-corrected chi connectivity index (χ4v) is 8.82. The summed E-state index contributed by atoms with van der Waals surface area (Å²) in [6.07, 6.45) is 5.17. The van der Waals surface area contributed by atoms with Crippen molar-refractivity contribution in [2.45, 2.75) is 104 Å². The number of nitrogens with one attached hydrogen (secondary N) is 5. The highest BCUT2D eigenvalue weighted by Gasteiger charge is 2.44. The van der Waals surface area contributed by atoms with Crippen LogP contribution >= 0.6 is 34.5 Å². The van der Waals surface area contributed by atoms with Gasteiger partial charge in [-0.1, -0.05) is 81.1 Å². The van der Waals surface area contributed by atoms with Crippen LogP contribution in [-0.4, -0.2) is 110 Å². The summed E-state index contributed by atoms with van der Waals surface area (Å²) in [7, 11) is 1.54. The van der Waals surface area contributed by atoms with E-state index in [9.17, 15) is 24.3 Å². The molecule has 5 amide bonds. The number of aromatic nitrogens is 5. The highest BCUT2D eigenvalue weighted by Crippen LogP contribution is 2.31. The van der Waals surface area contributed by atoms with Gasteiger partial charge in [0.2, 0.25) is 23.6 Å². The molecule has 0 radical (unpaired) electrons. The number of aryl methyl sites for hydroxylation is 1. The van der Waals surface area contributed by atoms with E-state index in [2.05, 4.69) is 46.6 Å². The zero-order chi connectivity index (χ0) is 48.3. The number of rotatable bonds is 21. The normalized spacial score (nSPS) is 15.9. The average Bonchev–Trinajstić information content (AvgIpc) is 4.02. The number of unbranched alkanes of at least 4 members (excludes halogenated alkanes) is 3. The lowest BCUT2D eigenvalue weighted by Gasteiger charge is -2.35. The Labute approximate surface area is 403 Å². The monoisotopic (exact) mass is 979 g/mol. The van der Waals surface area contributed by atoms with Gasteiger partial charge in [-0.05, 0) is 55.8 Å². The average molecular weight is 981 g/mol. The number of fused-ring (bicyclic) bond motifs is 1. The molecule has 0 aliphatic carbocycles. The van der Waals surface area contributed by atoms with E-state index >= 15 is 0 Å². The summed E-state index contributed by atoms with van der Waals surface area (Å²) < 4.78 is 12.9. The van der Waals surface area contributed by atoms with Gasteiger partial charge in [-0.3, -0.25) is 14.4 Å². The number of carbonyl (C=O) groups is 4. The van der Waals surface area contributed by atoms with Crippen molar-refractivity contribution in [1.82, 2.24) is 45.4 Å². The molecule has 0 bridgehead atoms. The van der Waals surface area contributed by atoms with Crippen molar-refractivity contribution in [3.8, 4) is 16.3 Å². The van der Waals surface area contributed by atoms with E-state index in [1.807, 2.05) is 64.4 Å². The highest BCUT2D eigenvalue weighted by molar-refractivity contribution is 7.13. The number of urea groups is 1. The molecule has 0 unspecified atom stereocenters. The van der Waals surface area contributed by atoms with Gasteiger partial charge in [0, 0.05) is 51.8 Å². The number of anilines is 2. The number of amides is 5. The molecule has 18 nitrogen and oxygen atoms in total. The number of hydrogen-bond acceptors (Lipinski definition) is 13. The Morgan fingerprint density at radius 2 is 1.72 bits per heavy atom. The number of aliphatic hydroxyl groups excluding tert-OH is 1. The van der Waals surface area contributed by atoms with Crippen LogP contribution < -0.4 is 31.3 Å². The lowest BCUT2D eigenvalue weighted by atomic mass is 9.85. The molecule has 4 aromatic heterocycles. The van der Waals surface area contributed by atoms with E-state index in [1.165, 1.54) is 27.9 Å². The number of ether oxygens (including phenoxy) is 2. The smallest absolute Gasteiger partial charge is 0.323 e. The summed E-state index contributed by atoms with van der Waals surface area (Å²) >= 11 is 13.9. The maximum atomic E-state index is 14.0. The van der Waals surface area contributed by atoms with E-state index in [0.717, 1.165) is 47.5 Å². The quantitative estimate of drug-likeness (QED) is 0.0411. The first-order valence-electron chi connectivity index (χ1n) is 22.2. The largest absolute Gasteiger partial charge is 0.475 e. The van der Waals surface area contributed by atoms with Gasteiger partial charge < -0.3 is 46.1 Å². The molecule has 6 rings (SSSR count). The number of carbonyl (C=O) groups excluding carboxylic acids is 4. The Balaban J connectivity index is 0.887. The number of β-amino-alcohol motifs (C(OH)–C–C–N with tert-alkyl or cyclic N) is 1. The molecule has 0 saturated carbocycles. The third-order valence-corrected chi connectivity index (χ3v) is 12.6. The maximum Gasteiger partial charge on any atom is 0.323 e. The Hall–Kier alpha value is -5.44. The summed E-state index contributed by atoms with van der Waals surface area (Å²) in [5.41, 5.74) is 5.75. The number of thiazole rings is 1. The number of nitrogens with zero attached hydrogens (tertiary/aromatic N) is 6. The molecule has 5 aromatic rings. The first-order valence-corrected chi connectivity index (χ1v) is 23.8. The van der Waals surface area contributed by atoms with Crippen LogP contribution in [0, 0.1) is 12.3 Å². The Kier molecular flexibility index (Phi) is 17.9. The molecule has 6 N–H and O–H groups in total. The first kappa shape index (κ1) is 51.0. The molecule has 4 atom stereocenters. The van der Waals surface area contributed by atoms with Gasteiger partial charge in [-0.2, -0.15) is 5.10 Å². The van der Waals surface area contributed by atoms with Crippen molar-refractivity contribution >= 4 is 75.3 Å². The third-order valence-electron chi connectivity index (χ3n) is 11.3. The van der Waals surface area contributed by atoms with Gasteiger partial charge in [0.15, 0.2) is 10.8 Å². The summed E-state index contributed by atoms with van der Waals surface area (Å²) in [5, 5.41) is 30.1. The number of aliphatic hydroxyl groups is 1. The molecule has 1 saturated heterocycles. The van der Waals surface area contributed by atoms with Crippen molar-refractivity contribution in [2.24, 2.45) is 5.41 Å². The highest BCUT2D eigenvalue weighted by atomic mass is 35.5. The number of methoxy groups -OCH3 is 1. The van der Waals surface area contributed by atoms with Crippen molar-refractivity contribution in [2.75, 3.05) is 44.0 Å². The van der Waals surface area contributed by atoms with Crippen LogP contribution in [0.15, 0.2) is 54.3 Å². The summed E-state index contributed by atoms with van der Waals surface area (Å²) in [4.78, 5) is 69.2. The van der Waals surface area contributed by atoms with Gasteiger partial charge in [0.1, 0.15) is 24.4 Å². The topological polar surface area (TPSA) is 226 Å². The van der Waals surface area contributed by atoms with E-state index < -0.39 is 41.6 Å². The van der Waals surface area contributed by atoms with Crippen LogP contribution in [0.25, 0.3) is 16.1 Å². The Morgan fingerprint density at radius 1 is 0.970 bits per heavy atom. The molecule has 67 heavy (non-hydrogen) atoms. The molecular formula is C46H59Cl2N11O7S. The number of benzene rings is 1. The van der Waals surface area contributed by atoms with Crippen LogP contribution in [0.2, 0.25) is 10.2 Å². The van der Waals surface area contributed by atoms with Gasteiger partial charge in [-0.25, -0.2) is 24.3 Å². The molecule has 1 aromatic carbocycles. The van der Waals surface area contributed by atoms with E-state index in [-0.39, 0.29) is 61.1 Å². The molecule has 360 valence electrons. The predicted molar refractivity (Wildman–Crippen MR) is 258 cm³/mol. The number of likely N-dealkylation sites (tertiary alicyclic amines) is 1. The van der Waals surface area contributed by atoms with Crippen LogP contribution in [-0.2, 0) is 25.7 Å². The zero-order valence-electron chi connectivity index (χ0n) is 38.5. The molecule has 1 aliphatic rings. The number of hydrogen-bond donors (Lipinski definition) is 6. The van der Waals surface area contributed by atoms with Crippen LogP contribution in [0.1, 0.15) is 89.3 Å². The summed E-state index contributed by atoms with van der Waals surface area (Å²) in [5.74, 6) is -0.800. The molecule has 0 spiro atoms. The minimum atomic E-state index is -0.887. The zero-order valence-corrected chi connectivity index (χ0v) is 40.9. The van der Waals surface area contributed by atoms with Gasteiger partial charge in [-0.15, -0.1) is 11.3 Å². The first-order chi connectivity index (χ1) is 32.0. The third kappa shape index (κ3) is 13.8. The predicted octanol–water partition coefficient (Wildman–Crippen LogP) is 6.94. The second kappa shape index (κ2) is 23.5. The summed E-state index contributed by atoms with van der Waals surface area (Å²) in [6, 6.07) is 8.69. The second-order valence-electron chi connectivity index (χ2n) is 17.5. The fourth-order valence-electron chi connectivity index (χ4n) is 7.68. The Bertz CT molecular complexity index is 2500. The molecular weight excluding hydrogens is 922 g/mol. The SMILES string of the molecule is CO[C@@H](C)c1c(NC(=O)Nc2cc(Cl)cnc2OCCNCCCCCCC(=O)N[C@H](C(=O)N2C[C@@H](O)C[C@@H]2C(=O)NCc2ccc(-c3scnc3C)cc2)C(C)(C)C)cnc2cc(Cl)nn12. The summed E-state index contributed by atoms with van der Waals surface area (Å²) in [6.45, 7) is 11.1. The standard InChI is InChI=1S/C46H59Cl2N11O7S/c1-27-40(67-26-53-27)30-14-12-29(13-15-30)22-51-42(62)35-20-32(60)25-58(35)44(63)41(46(3,4)5)56-38(61)11-9-7-8-10-16-49-17-18-66-43-33(19-31(47)23-52-43)54-45(64)55-34-24-50-37-21-36(48)57-59(37)39(34)28(2)65-6/h12-15,19,21,23-24,26,28,32,35,41,49,60H,7-11,16-18,20,22,25H2,1-6H3,(H,51,62)(H,56,61)(H2,54,55,64)/t28-,32-,35+,41+/m0/s1. The van der Waals surface area contributed by atoms with Crippen molar-refractivity contribution in [3.05, 3.63) is 81.4 Å². The van der Waals surface area contributed by atoms with Crippen molar-refractivity contribution in [3.63, 3.8) is 0 Å². The van der Waals surface area contributed by atoms with E-state index in [0.29, 0.717) is 35.0 Å². The lowest BCUT2D eigenvalue weighted by Crippen LogP contribution is -2.57. The number of pyridine rings is 1. The van der Waals surface area contributed by atoms with Crippen LogP contribution in [0.5, 0.6) is 5.88 Å². The van der Waals surface area contributed by atoms with E-state index in [4.69, 9.17) is 32.7 Å². The fraction of sp³-hybridized carbons (Fsp3) is 0.478. The molecule has 1 fully saturated rings. The van der Waals surface area contributed by atoms with Crippen LogP contribution in [0.4, 0.5) is 16.2 Å². The minimum absolute atomic E-state index is 0.00845. The van der Waals surface area contributed by atoms with Crippen molar-refractivity contribution in [1.29, 1.82) is 0 Å². The molecule has 5 heterocycles. The van der Waals surface area contributed by atoms with Crippen molar-refractivity contribution < 1.29 is 33.8 Å². The second-order valence-corrected chi connectivity index (χ2v) is 19.1. The number of halogens is 2. The van der Waals surface area contributed by atoms with E-state index in [1.54, 1.807) is 24.5 Å². The Morgan fingerprint density at radius 3 is 2.43 bits per heavy atom. The van der Waals surface area contributed by atoms with Gasteiger partial charge >= 0.3 is 6.03 Å². The molecule has 21 heteroatoms. The minimum Gasteiger partial charge on any atom is -0.475 e. The van der Waals surface area contributed by atoms with Gasteiger partial charge in [0.25, 0.3) is 0 Å².